The van der Waals surface area contributed by atoms with E-state index in [2.05, 4.69) is 24.1 Å². The van der Waals surface area contributed by atoms with Gasteiger partial charge in [-0.15, -0.1) is 11.3 Å². The number of nitrogens with zero attached hydrogens (tertiary/aromatic N) is 1. The standard InChI is InChI=1S/C12H21N3O2S/c1-4-17-6-10(8(2)3)15-11(16)5-9-7-18-12(13)14-9/h7-8,10H,4-6H2,1-3H3,(H2,13,14)(H,15,16). The van der Waals surface area contributed by atoms with Crippen LogP contribution in [0.4, 0.5) is 5.13 Å². The molecule has 3 N–H and O–H groups in total. The van der Waals surface area contributed by atoms with Crippen LogP contribution in [0.5, 0.6) is 0 Å². The van der Waals surface area contributed by atoms with Crippen LogP contribution in [-0.2, 0) is 16.0 Å². The Labute approximate surface area is 112 Å². The number of carbonyl (C=O) groups excluding carboxylic acids is 1. The van der Waals surface area contributed by atoms with Crippen LogP contribution in [-0.4, -0.2) is 30.1 Å². The summed E-state index contributed by atoms with van der Waals surface area (Å²) in [6.45, 7) is 7.26. The quantitative estimate of drug-likeness (QED) is 0.787. The van der Waals surface area contributed by atoms with Gasteiger partial charge in [-0.05, 0) is 12.8 Å². The van der Waals surface area contributed by atoms with Gasteiger partial charge in [0.25, 0.3) is 0 Å². The van der Waals surface area contributed by atoms with Gasteiger partial charge >= 0.3 is 0 Å². The maximum absolute atomic E-state index is 11.9. The SMILES string of the molecule is CCOCC(NC(=O)Cc1csc(N)n1)C(C)C. The highest BCUT2D eigenvalue weighted by Gasteiger charge is 2.17. The van der Waals surface area contributed by atoms with E-state index < -0.39 is 0 Å². The normalized spacial score (nSPS) is 12.7. The van der Waals surface area contributed by atoms with E-state index in [9.17, 15) is 4.79 Å². The Morgan fingerprint density at radius 2 is 2.33 bits per heavy atom. The first-order valence-electron chi connectivity index (χ1n) is 6.10. The van der Waals surface area contributed by atoms with E-state index in [1.165, 1.54) is 11.3 Å². The number of hydrogen-bond acceptors (Lipinski definition) is 5. The van der Waals surface area contributed by atoms with E-state index in [0.717, 1.165) is 0 Å². The number of nitrogens with two attached hydrogens (primary N) is 1. The molecule has 1 aromatic rings. The van der Waals surface area contributed by atoms with Gasteiger partial charge in [0.1, 0.15) is 0 Å². The van der Waals surface area contributed by atoms with Crippen LogP contribution in [0.2, 0.25) is 0 Å². The van der Waals surface area contributed by atoms with Gasteiger partial charge in [0.2, 0.25) is 5.91 Å². The van der Waals surface area contributed by atoms with E-state index in [0.29, 0.717) is 30.0 Å². The number of carbonyl (C=O) groups is 1. The molecule has 0 saturated carbocycles. The number of hydrogen-bond donors (Lipinski definition) is 2. The molecule has 0 aliphatic rings. The summed E-state index contributed by atoms with van der Waals surface area (Å²) in [5.41, 5.74) is 6.24. The minimum absolute atomic E-state index is 0.0356. The molecule has 18 heavy (non-hydrogen) atoms. The molecule has 1 rings (SSSR count). The largest absolute Gasteiger partial charge is 0.380 e. The predicted octanol–water partition coefficient (Wildman–Crippen LogP) is 1.45. The highest BCUT2D eigenvalue weighted by Crippen LogP contribution is 2.11. The first-order valence-corrected chi connectivity index (χ1v) is 6.97. The van der Waals surface area contributed by atoms with Crippen molar-refractivity contribution in [2.24, 2.45) is 5.92 Å². The highest BCUT2D eigenvalue weighted by molar-refractivity contribution is 7.13. The number of ether oxygens (including phenoxy) is 1. The minimum Gasteiger partial charge on any atom is -0.380 e. The maximum Gasteiger partial charge on any atom is 0.226 e. The van der Waals surface area contributed by atoms with Gasteiger partial charge in [-0.2, -0.15) is 0 Å². The predicted molar refractivity (Wildman–Crippen MR) is 73.5 cm³/mol. The van der Waals surface area contributed by atoms with Crippen molar-refractivity contribution >= 4 is 22.4 Å². The van der Waals surface area contributed by atoms with Gasteiger partial charge in [-0.3, -0.25) is 4.79 Å². The molecule has 0 radical (unpaired) electrons. The molecule has 1 amide bonds. The maximum atomic E-state index is 11.9. The van der Waals surface area contributed by atoms with Crippen LogP contribution in [0.1, 0.15) is 26.5 Å². The number of anilines is 1. The topological polar surface area (TPSA) is 77.2 Å². The van der Waals surface area contributed by atoms with Crippen molar-refractivity contribution < 1.29 is 9.53 Å². The summed E-state index contributed by atoms with van der Waals surface area (Å²) in [6, 6.07) is 0.0356. The van der Waals surface area contributed by atoms with E-state index >= 15 is 0 Å². The van der Waals surface area contributed by atoms with E-state index in [-0.39, 0.29) is 18.4 Å². The van der Waals surface area contributed by atoms with Crippen molar-refractivity contribution in [2.75, 3.05) is 18.9 Å². The average Bonchev–Trinajstić information content (AvgIpc) is 2.69. The molecule has 1 atom stereocenters. The molecule has 1 aromatic heterocycles. The molecule has 1 unspecified atom stereocenters. The first-order chi connectivity index (χ1) is 8.52. The number of thiazole rings is 1. The van der Waals surface area contributed by atoms with Crippen LogP contribution >= 0.6 is 11.3 Å². The minimum atomic E-state index is -0.0429. The summed E-state index contributed by atoms with van der Waals surface area (Å²) in [5, 5.41) is 5.27. The zero-order valence-electron chi connectivity index (χ0n) is 11.1. The van der Waals surface area contributed by atoms with Crippen LogP contribution in [0.25, 0.3) is 0 Å². The number of amides is 1. The lowest BCUT2D eigenvalue weighted by atomic mass is 10.1. The Morgan fingerprint density at radius 3 is 2.83 bits per heavy atom. The number of nitrogen functional groups attached to an aromatic ring is 1. The Bertz CT molecular complexity index is 379. The van der Waals surface area contributed by atoms with Crippen LogP contribution in [0.15, 0.2) is 5.38 Å². The lowest BCUT2D eigenvalue weighted by Gasteiger charge is -2.21. The van der Waals surface area contributed by atoms with E-state index in [1.807, 2.05) is 12.3 Å². The molecule has 0 aromatic carbocycles. The van der Waals surface area contributed by atoms with Crippen LogP contribution < -0.4 is 11.1 Å². The van der Waals surface area contributed by atoms with E-state index in [4.69, 9.17) is 10.5 Å². The first kappa shape index (κ1) is 14.9. The van der Waals surface area contributed by atoms with E-state index in [1.54, 1.807) is 0 Å². The lowest BCUT2D eigenvalue weighted by molar-refractivity contribution is -0.122. The monoisotopic (exact) mass is 271 g/mol. The Kier molecular flexibility index (Phi) is 6.07. The molecule has 102 valence electrons. The third-order valence-electron chi connectivity index (χ3n) is 2.56. The second-order valence-electron chi connectivity index (χ2n) is 4.43. The van der Waals surface area contributed by atoms with Crippen molar-refractivity contribution in [1.29, 1.82) is 0 Å². The molecule has 6 heteroatoms. The summed E-state index contributed by atoms with van der Waals surface area (Å²) in [6.07, 6.45) is 0.267. The lowest BCUT2D eigenvalue weighted by Crippen LogP contribution is -2.42. The Hall–Kier alpha value is -1.14. The summed E-state index contributed by atoms with van der Waals surface area (Å²) < 4.78 is 5.36. The fourth-order valence-electron chi connectivity index (χ4n) is 1.47. The van der Waals surface area contributed by atoms with Gasteiger partial charge < -0.3 is 15.8 Å². The summed E-state index contributed by atoms with van der Waals surface area (Å²) in [7, 11) is 0. The van der Waals surface area contributed by atoms with Crippen molar-refractivity contribution in [3.05, 3.63) is 11.1 Å². The highest BCUT2D eigenvalue weighted by atomic mass is 32.1. The van der Waals surface area contributed by atoms with Crippen molar-refractivity contribution in [3.63, 3.8) is 0 Å². The van der Waals surface area contributed by atoms with Gasteiger partial charge in [-0.25, -0.2) is 4.98 Å². The molecule has 0 saturated heterocycles. The Balaban J connectivity index is 2.45. The van der Waals surface area contributed by atoms with Crippen molar-refractivity contribution in [3.8, 4) is 0 Å². The average molecular weight is 271 g/mol. The zero-order chi connectivity index (χ0) is 13.5. The molecule has 0 aliphatic heterocycles. The summed E-state index contributed by atoms with van der Waals surface area (Å²) >= 11 is 1.35. The molecule has 5 nitrogen and oxygen atoms in total. The van der Waals surface area contributed by atoms with Gasteiger partial charge in [0, 0.05) is 12.0 Å². The molecule has 0 aliphatic carbocycles. The molecular weight excluding hydrogens is 250 g/mol. The van der Waals surface area contributed by atoms with Gasteiger partial charge in [0.05, 0.1) is 24.8 Å². The number of rotatable bonds is 7. The molecule has 0 bridgehead atoms. The second kappa shape index (κ2) is 7.33. The number of aromatic nitrogens is 1. The molecular formula is C12H21N3O2S. The van der Waals surface area contributed by atoms with Crippen molar-refractivity contribution in [2.45, 2.75) is 33.2 Å². The molecule has 0 fully saturated rings. The third-order valence-corrected chi connectivity index (χ3v) is 3.29. The van der Waals surface area contributed by atoms with Gasteiger partial charge in [-0.1, -0.05) is 13.8 Å². The fourth-order valence-corrected chi connectivity index (χ4v) is 2.03. The third kappa shape index (κ3) is 5.01. The summed E-state index contributed by atoms with van der Waals surface area (Å²) in [4.78, 5) is 15.9. The summed E-state index contributed by atoms with van der Waals surface area (Å²) in [5.74, 6) is 0.291. The van der Waals surface area contributed by atoms with Crippen molar-refractivity contribution in [1.82, 2.24) is 10.3 Å². The van der Waals surface area contributed by atoms with Crippen LogP contribution in [0, 0.1) is 5.92 Å². The smallest absolute Gasteiger partial charge is 0.226 e. The second-order valence-corrected chi connectivity index (χ2v) is 5.32. The fraction of sp³-hybridized carbons (Fsp3) is 0.667. The molecule has 1 heterocycles. The van der Waals surface area contributed by atoms with Crippen LogP contribution in [0.3, 0.4) is 0 Å². The Morgan fingerprint density at radius 1 is 1.61 bits per heavy atom. The molecule has 0 spiro atoms. The number of nitrogens with one attached hydrogen (secondary N) is 1. The zero-order valence-corrected chi connectivity index (χ0v) is 11.9. The van der Waals surface area contributed by atoms with Gasteiger partial charge in [0.15, 0.2) is 5.13 Å².